The highest BCUT2D eigenvalue weighted by atomic mass is 79.9. The third-order valence-electron chi connectivity index (χ3n) is 1.61. The van der Waals surface area contributed by atoms with Crippen molar-refractivity contribution in [3.63, 3.8) is 0 Å². The highest BCUT2D eigenvalue weighted by molar-refractivity contribution is 9.10. The maximum atomic E-state index is 12.4. The molecule has 1 rings (SSSR count). The first kappa shape index (κ1) is 12.8. The van der Waals surface area contributed by atoms with Crippen LogP contribution < -0.4 is 4.74 Å². The zero-order valence-corrected chi connectivity index (χ0v) is 9.55. The first-order valence-corrected chi connectivity index (χ1v) is 4.76. The van der Waals surface area contributed by atoms with Gasteiger partial charge in [0.15, 0.2) is 0 Å². The van der Waals surface area contributed by atoms with E-state index in [0.29, 0.717) is 6.07 Å². The molecular formula is C9H6BrF3O3. The molecular weight excluding hydrogens is 293 g/mol. The van der Waals surface area contributed by atoms with Crippen molar-refractivity contribution >= 4 is 22.1 Å². The van der Waals surface area contributed by atoms with E-state index < -0.39 is 17.9 Å². The van der Waals surface area contributed by atoms with Crippen LogP contribution in [0.5, 0.6) is 5.75 Å². The largest absolute Gasteiger partial charge is 0.513 e. The van der Waals surface area contributed by atoms with Gasteiger partial charge < -0.3 is 9.47 Å². The van der Waals surface area contributed by atoms with Crippen molar-refractivity contribution in [2.75, 3.05) is 7.11 Å². The van der Waals surface area contributed by atoms with Gasteiger partial charge in [0, 0.05) is 4.47 Å². The molecule has 0 bridgehead atoms. The molecule has 1 aromatic carbocycles. The van der Waals surface area contributed by atoms with Crippen molar-refractivity contribution in [1.29, 1.82) is 0 Å². The number of methoxy groups -OCH3 is 1. The molecule has 0 aliphatic rings. The Morgan fingerprint density at radius 3 is 2.50 bits per heavy atom. The van der Waals surface area contributed by atoms with E-state index in [-0.39, 0.29) is 10.2 Å². The number of alkyl halides is 3. The smallest absolute Gasteiger partial charge is 0.437 e. The van der Waals surface area contributed by atoms with Crippen LogP contribution in [0.3, 0.4) is 0 Å². The summed E-state index contributed by atoms with van der Waals surface area (Å²) in [5.74, 6) is -0.234. The van der Waals surface area contributed by atoms with Gasteiger partial charge >= 0.3 is 12.3 Å². The Morgan fingerprint density at radius 1 is 1.38 bits per heavy atom. The van der Waals surface area contributed by atoms with Gasteiger partial charge in [0.25, 0.3) is 0 Å². The van der Waals surface area contributed by atoms with Crippen molar-refractivity contribution in [2.24, 2.45) is 0 Å². The SMILES string of the molecule is COC(=O)Oc1ccc(Br)c(C(F)(F)F)c1. The van der Waals surface area contributed by atoms with E-state index in [2.05, 4.69) is 25.4 Å². The average Bonchev–Trinajstić information content (AvgIpc) is 2.19. The Hall–Kier alpha value is -1.24. The van der Waals surface area contributed by atoms with Crippen molar-refractivity contribution in [2.45, 2.75) is 6.18 Å². The van der Waals surface area contributed by atoms with Gasteiger partial charge in [-0.05, 0) is 18.2 Å². The van der Waals surface area contributed by atoms with Crippen LogP contribution in [0.1, 0.15) is 5.56 Å². The third kappa shape index (κ3) is 3.13. The molecule has 0 fully saturated rings. The molecule has 0 unspecified atom stereocenters. The van der Waals surface area contributed by atoms with Gasteiger partial charge in [0.05, 0.1) is 12.7 Å². The van der Waals surface area contributed by atoms with Crippen molar-refractivity contribution < 1.29 is 27.4 Å². The summed E-state index contributed by atoms with van der Waals surface area (Å²) in [5.41, 5.74) is -0.922. The second-order valence-corrected chi connectivity index (χ2v) is 3.55. The Labute approximate surface area is 97.3 Å². The van der Waals surface area contributed by atoms with Crippen LogP contribution in [0.2, 0.25) is 0 Å². The van der Waals surface area contributed by atoms with Crippen LogP contribution in [0.25, 0.3) is 0 Å². The zero-order chi connectivity index (χ0) is 12.3. The molecule has 0 amide bonds. The molecule has 0 N–H and O–H groups in total. The van der Waals surface area contributed by atoms with Crippen LogP contribution >= 0.6 is 15.9 Å². The van der Waals surface area contributed by atoms with Crippen LogP contribution in [0, 0.1) is 0 Å². The minimum absolute atomic E-state index is 0.128. The molecule has 0 heterocycles. The molecule has 1 aromatic rings. The Bertz CT molecular complexity index is 403. The lowest BCUT2D eigenvalue weighted by atomic mass is 10.2. The van der Waals surface area contributed by atoms with Gasteiger partial charge in [-0.15, -0.1) is 0 Å². The third-order valence-corrected chi connectivity index (χ3v) is 2.30. The van der Waals surface area contributed by atoms with Crippen molar-refractivity contribution in [3.8, 4) is 5.75 Å². The molecule has 0 saturated heterocycles. The predicted octanol–water partition coefficient (Wildman–Crippen LogP) is 3.61. The maximum Gasteiger partial charge on any atom is 0.513 e. The summed E-state index contributed by atoms with van der Waals surface area (Å²) in [6.45, 7) is 0. The van der Waals surface area contributed by atoms with Crippen LogP contribution in [0.15, 0.2) is 22.7 Å². The lowest BCUT2D eigenvalue weighted by Gasteiger charge is -2.10. The van der Waals surface area contributed by atoms with Crippen LogP contribution in [-0.4, -0.2) is 13.3 Å². The normalized spacial score (nSPS) is 11.1. The van der Waals surface area contributed by atoms with Gasteiger partial charge in [-0.1, -0.05) is 15.9 Å². The molecule has 0 aromatic heterocycles. The van der Waals surface area contributed by atoms with Crippen molar-refractivity contribution in [3.05, 3.63) is 28.2 Å². The number of hydrogen-bond acceptors (Lipinski definition) is 3. The number of carbonyl (C=O) groups excluding carboxylic acids is 1. The van der Waals surface area contributed by atoms with Crippen LogP contribution in [-0.2, 0) is 10.9 Å². The monoisotopic (exact) mass is 298 g/mol. The summed E-state index contributed by atoms with van der Waals surface area (Å²) >= 11 is 2.76. The fraction of sp³-hybridized carbons (Fsp3) is 0.222. The molecule has 0 spiro atoms. The standard InChI is InChI=1S/C9H6BrF3O3/c1-15-8(14)16-5-2-3-7(10)6(4-5)9(11,12)13/h2-4H,1H3. The van der Waals surface area contributed by atoms with Gasteiger partial charge in [-0.2, -0.15) is 13.2 Å². The molecule has 0 aliphatic heterocycles. The van der Waals surface area contributed by atoms with E-state index in [0.717, 1.165) is 13.2 Å². The van der Waals surface area contributed by atoms with E-state index in [4.69, 9.17) is 0 Å². The first-order chi connectivity index (χ1) is 7.34. The number of rotatable bonds is 1. The Kier molecular flexibility index (Phi) is 3.79. The van der Waals surface area contributed by atoms with E-state index in [9.17, 15) is 18.0 Å². The number of ether oxygens (including phenoxy) is 2. The molecule has 0 saturated carbocycles. The number of benzene rings is 1. The molecule has 0 atom stereocenters. The van der Waals surface area contributed by atoms with Crippen molar-refractivity contribution in [1.82, 2.24) is 0 Å². The zero-order valence-electron chi connectivity index (χ0n) is 7.97. The molecule has 7 heteroatoms. The molecule has 16 heavy (non-hydrogen) atoms. The summed E-state index contributed by atoms with van der Waals surface area (Å²) < 4.78 is 45.8. The fourth-order valence-corrected chi connectivity index (χ4v) is 1.39. The topological polar surface area (TPSA) is 35.5 Å². The Morgan fingerprint density at radius 2 is 2.00 bits per heavy atom. The summed E-state index contributed by atoms with van der Waals surface area (Å²) in [5, 5.41) is 0. The van der Waals surface area contributed by atoms with E-state index in [1.807, 2.05) is 0 Å². The molecule has 0 aliphatic carbocycles. The predicted molar refractivity (Wildman–Crippen MR) is 52.2 cm³/mol. The van der Waals surface area contributed by atoms with Gasteiger partial charge in [0.2, 0.25) is 0 Å². The number of carbonyl (C=O) groups is 1. The lowest BCUT2D eigenvalue weighted by Crippen LogP contribution is -2.10. The highest BCUT2D eigenvalue weighted by Crippen LogP contribution is 2.36. The second-order valence-electron chi connectivity index (χ2n) is 2.70. The highest BCUT2D eigenvalue weighted by Gasteiger charge is 2.33. The number of halogens is 4. The van der Waals surface area contributed by atoms with Crippen LogP contribution in [0.4, 0.5) is 18.0 Å². The lowest BCUT2D eigenvalue weighted by molar-refractivity contribution is -0.138. The molecule has 88 valence electrons. The quantitative estimate of drug-likeness (QED) is 0.587. The summed E-state index contributed by atoms with van der Waals surface area (Å²) in [6, 6.07) is 3.07. The first-order valence-electron chi connectivity index (χ1n) is 3.97. The fourth-order valence-electron chi connectivity index (χ4n) is 0.923. The minimum Gasteiger partial charge on any atom is -0.437 e. The van der Waals surface area contributed by atoms with Gasteiger partial charge in [0.1, 0.15) is 5.75 Å². The molecule has 3 nitrogen and oxygen atoms in total. The average molecular weight is 299 g/mol. The molecule has 0 radical (unpaired) electrons. The second kappa shape index (κ2) is 4.73. The summed E-state index contributed by atoms with van der Waals surface area (Å²) in [4.78, 5) is 10.7. The number of hydrogen-bond donors (Lipinski definition) is 0. The van der Waals surface area contributed by atoms with Gasteiger partial charge in [-0.25, -0.2) is 4.79 Å². The summed E-state index contributed by atoms with van der Waals surface area (Å²) in [7, 11) is 1.06. The Balaban J connectivity index is 3.03. The van der Waals surface area contributed by atoms with E-state index in [1.165, 1.54) is 6.07 Å². The van der Waals surface area contributed by atoms with Gasteiger partial charge in [-0.3, -0.25) is 0 Å². The van der Waals surface area contributed by atoms with E-state index >= 15 is 0 Å². The minimum atomic E-state index is -4.52. The van der Waals surface area contributed by atoms with E-state index in [1.54, 1.807) is 0 Å². The summed E-state index contributed by atoms with van der Waals surface area (Å²) in [6.07, 6.45) is -5.59. The maximum absolute atomic E-state index is 12.4.